The van der Waals surface area contributed by atoms with Crippen LogP contribution in [0.1, 0.15) is 48.7 Å². The van der Waals surface area contributed by atoms with Gasteiger partial charge in [0.2, 0.25) is 0 Å². The van der Waals surface area contributed by atoms with E-state index in [0.29, 0.717) is 12.3 Å². The van der Waals surface area contributed by atoms with Gasteiger partial charge in [0.25, 0.3) is 0 Å². The maximum absolute atomic E-state index is 11.2. The lowest BCUT2D eigenvalue weighted by molar-refractivity contribution is -0.137. The minimum Gasteiger partial charge on any atom is -0.481 e. The molecule has 0 aliphatic rings. The average molecular weight is 393 g/mol. The predicted molar refractivity (Wildman–Crippen MR) is 112 cm³/mol. The lowest BCUT2D eigenvalue weighted by Crippen LogP contribution is -2.09. The summed E-state index contributed by atoms with van der Waals surface area (Å²) in [6.07, 6.45) is 8.09. The number of unbranched alkanes of at least 4 members (excludes halogenated alkanes) is 2. The summed E-state index contributed by atoms with van der Waals surface area (Å²) in [6.45, 7) is 0.898. The number of hydrogen-bond donors (Lipinski definition) is 2. The molecule has 152 valence electrons. The Hall–Kier alpha value is -3.15. The molecule has 0 bridgehead atoms. The number of benzene rings is 1. The van der Waals surface area contributed by atoms with Gasteiger partial charge in [0.1, 0.15) is 12.1 Å². The number of carboxylic acid groups (broad SMARTS) is 1. The number of pyridine rings is 1. The molecule has 2 aromatic heterocycles. The molecule has 1 atom stereocenters. The summed E-state index contributed by atoms with van der Waals surface area (Å²) in [5.41, 5.74) is 1.93. The Morgan fingerprint density at radius 1 is 1.07 bits per heavy atom. The van der Waals surface area contributed by atoms with Gasteiger partial charge in [-0.3, -0.25) is 4.79 Å². The molecule has 0 aliphatic heterocycles. The average Bonchev–Trinajstić information content (AvgIpc) is 3.18. The van der Waals surface area contributed by atoms with Crippen LogP contribution in [0.4, 0.5) is 5.82 Å². The number of carbonyl (C=O) groups is 1. The fraction of sp³-hybridized carbons (Fsp3) is 0.348. The first-order valence-electron chi connectivity index (χ1n) is 10.1. The minimum atomic E-state index is -0.815. The van der Waals surface area contributed by atoms with Gasteiger partial charge >= 0.3 is 5.97 Å². The van der Waals surface area contributed by atoms with Crippen molar-refractivity contribution in [2.24, 2.45) is 0 Å². The molecular weight excluding hydrogens is 366 g/mol. The molecule has 1 unspecified atom stereocenters. The summed E-state index contributed by atoms with van der Waals surface area (Å²) in [6, 6.07) is 15.5. The molecule has 2 N–H and O–H groups in total. The van der Waals surface area contributed by atoms with Crippen molar-refractivity contribution in [2.75, 3.05) is 11.9 Å². The molecule has 3 aromatic rings. The SMILES string of the molecule is O=C(O)CC(Cc1nc(CCCCCNc2ccccn2)co1)c1ccccc1. The third-order valence-corrected chi connectivity index (χ3v) is 4.79. The van der Waals surface area contributed by atoms with Gasteiger partial charge < -0.3 is 14.8 Å². The second-order valence-corrected chi connectivity index (χ2v) is 7.09. The van der Waals surface area contributed by atoms with E-state index in [0.717, 1.165) is 49.3 Å². The first-order chi connectivity index (χ1) is 14.2. The number of oxazole rings is 1. The lowest BCUT2D eigenvalue weighted by Gasteiger charge is -2.13. The van der Waals surface area contributed by atoms with Crippen molar-refractivity contribution in [2.45, 2.75) is 44.4 Å². The predicted octanol–water partition coefficient (Wildman–Crippen LogP) is 4.70. The van der Waals surface area contributed by atoms with Gasteiger partial charge in [0.05, 0.1) is 12.1 Å². The van der Waals surface area contributed by atoms with E-state index in [1.807, 2.05) is 48.5 Å². The van der Waals surface area contributed by atoms with Crippen LogP contribution in [0, 0.1) is 0 Å². The Labute approximate surface area is 171 Å². The highest BCUT2D eigenvalue weighted by atomic mass is 16.4. The highest BCUT2D eigenvalue weighted by Gasteiger charge is 2.19. The fourth-order valence-corrected chi connectivity index (χ4v) is 3.30. The first kappa shape index (κ1) is 20.6. The van der Waals surface area contributed by atoms with Crippen molar-refractivity contribution in [3.05, 3.63) is 78.1 Å². The Morgan fingerprint density at radius 2 is 1.90 bits per heavy atom. The highest BCUT2D eigenvalue weighted by Crippen LogP contribution is 2.24. The molecular formula is C23H27N3O3. The molecule has 0 spiro atoms. The van der Waals surface area contributed by atoms with Crippen molar-refractivity contribution in [1.82, 2.24) is 9.97 Å². The molecule has 0 saturated heterocycles. The zero-order chi connectivity index (χ0) is 20.3. The number of carboxylic acids is 1. The van der Waals surface area contributed by atoms with Crippen molar-refractivity contribution in [3.63, 3.8) is 0 Å². The van der Waals surface area contributed by atoms with E-state index >= 15 is 0 Å². The van der Waals surface area contributed by atoms with Crippen molar-refractivity contribution in [3.8, 4) is 0 Å². The van der Waals surface area contributed by atoms with Crippen LogP contribution >= 0.6 is 0 Å². The lowest BCUT2D eigenvalue weighted by atomic mass is 9.92. The maximum atomic E-state index is 11.2. The van der Waals surface area contributed by atoms with Gasteiger partial charge in [-0.05, 0) is 37.0 Å². The van der Waals surface area contributed by atoms with Gasteiger partial charge in [-0.15, -0.1) is 0 Å². The largest absolute Gasteiger partial charge is 0.481 e. The van der Waals surface area contributed by atoms with Crippen LogP contribution in [0.25, 0.3) is 0 Å². The Morgan fingerprint density at radius 3 is 2.66 bits per heavy atom. The van der Waals surface area contributed by atoms with Gasteiger partial charge in [-0.1, -0.05) is 42.8 Å². The van der Waals surface area contributed by atoms with Crippen LogP contribution in [0.15, 0.2) is 65.4 Å². The number of aliphatic carboxylic acids is 1. The van der Waals surface area contributed by atoms with Gasteiger partial charge in [-0.2, -0.15) is 0 Å². The van der Waals surface area contributed by atoms with E-state index < -0.39 is 5.97 Å². The number of aryl methyl sites for hydroxylation is 1. The van der Waals surface area contributed by atoms with Crippen molar-refractivity contribution in [1.29, 1.82) is 0 Å². The summed E-state index contributed by atoms with van der Waals surface area (Å²) >= 11 is 0. The Balaban J connectivity index is 1.41. The highest BCUT2D eigenvalue weighted by molar-refractivity contribution is 5.68. The second kappa shape index (κ2) is 11.0. The zero-order valence-electron chi connectivity index (χ0n) is 16.5. The van der Waals surface area contributed by atoms with Crippen LogP contribution in [-0.4, -0.2) is 27.6 Å². The minimum absolute atomic E-state index is 0.0605. The van der Waals surface area contributed by atoms with Gasteiger partial charge in [0, 0.05) is 25.1 Å². The van der Waals surface area contributed by atoms with Crippen molar-refractivity contribution < 1.29 is 14.3 Å². The third-order valence-electron chi connectivity index (χ3n) is 4.79. The van der Waals surface area contributed by atoms with E-state index in [4.69, 9.17) is 4.42 Å². The van der Waals surface area contributed by atoms with Crippen LogP contribution in [0.2, 0.25) is 0 Å². The molecule has 0 saturated carbocycles. The van der Waals surface area contributed by atoms with Gasteiger partial charge in [-0.25, -0.2) is 9.97 Å². The topological polar surface area (TPSA) is 88.2 Å². The van der Waals surface area contributed by atoms with Crippen LogP contribution in [0.5, 0.6) is 0 Å². The second-order valence-electron chi connectivity index (χ2n) is 7.09. The summed E-state index contributed by atoms with van der Waals surface area (Å²) in [5, 5.41) is 12.5. The Kier molecular flexibility index (Phi) is 7.81. The van der Waals surface area contributed by atoms with E-state index in [1.165, 1.54) is 0 Å². The van der Waals surface area contributed by atoms with Crippen LogP contribution < -0.4 is 5.32 Å². The molecule has 2 heterocycles. The maximum Gasteiger partial charge on any atom is 0.303 e. The smallest absolute Gasteiger partial charge is 0.303 e. The van der Waals surface area contributed by atoms with Crippen LogP contribution in [-0.2, 0) is 17.6 Å². The van der Waals surface area contributed by atoms with E-state index in [2.05, 4.69) is 15.3 Å². The number of nitrogens with one attached hydrogen (secondary N) is 1. The molecule has 1 aromatic carbocycles. The molecule has 3 rings (SSSR count). The number of rotatable bonds is 12. The molecule has 0 aliphatic carbocycles. The molecule has 0 fully saturated rings. The van der Waals surface area contributed by atoms with Crippen molar-refractivity contribution >= 4 is 11.8 Å². The molecule has 0 radical (unpaired) electrons. The number of nitrogens with zero attached hydrogens (tertiary/aromatic N) is 2. The normalized spacial score (nSPS) is 11.9. The monoisotopic (exact) mass is 393 g/mol. The Bertz CT molecular complexity index is 865. The molecule has 29 heavy (non-hydrogen) atoms. The zero-order valence-corrected chi connectivity index (χ0v) is 16.5. The summed E-state index contributed by atoms with van der Waals surface area (Å²) in [7, 11) is 0. The number of anilines is 1. The van der Waals surface area contributed by atoms with Crippen LogP contribution in [0.3, 0.4) is 0 Å². The standard InChI is InChI=1S/C23H27N3O3/c27-23(28)16-19(18-9-3-1-4-10-18)15-22-26-20(17-29-22)11-5-2-7-13-24-21-12-6-8-14-25-21/h1,3-4,6,8-10,12,14,17,19H,2,5,7,11,13,15-16H2,(H,24,25)(H,27,28). The summed E-state index contributed by atoms with van der Waals surface area (Å²) < 4.78 is 5.61. The molecule has 6 heteroatoms. The molecule has 0 amide bonds. The number of aromatic nitrogens is 2. The fourth-order valence-electron chi connectivity index (χ4n) is 3.30. The number of hydrogen-bond acceptors (Lipinski definition) is 5. The van der Waals surface area contributed by atoms with E-state index in [1.54, 1.807) is 12.5 Å². The van der Waals surface area contributed by atoms with E-state index in [9.17, 15) is 9.90 Å². The molecule has 6 nitrogen and oxygen atoms in total. The quantitative estimate of drug-likeness (QED) is 0.434. The van der Waals surface area contributed by atoms with E-state index in [-0.39, 0.29) is 12.3 Å². The summed E-state index contributed by atoms with van der Waals surface area (Å²) in [4.78, 5) is 20.0. The van der Waals surface area contributed by atoms with Gasteiger partial charge in [0.15, 0.2) is 5.89 Å². The first-order valence-corrected chi connectivity index (χ1v) is 10.1. The third kappa shape index (κ3) is 7.07. The summed E-state index contributed by atoms with van der Waals surface area (Å²) in [5.74, 6) is 0.553.